The van der Waals surface area contributed by atoms with Crippen LogP contribution in [0.4, 0.5) is 5.95 Å². The van der Waals surface area contributed by atoms with Crippen molar-refractivity contribution in [2.45, 2.75) is 25.8 Å². The van der Waals surface area contributed by atoms with Gasteiger partial charge in [0.2, 0.25) is 5.95 Å². The Kier molecular flexibility index (Phi) is 3.58. The van der Waals surface area contributed by atoms with Crippen molar-refractivity contribution in [2.24, 2.45) is 0 Å². The Labute approximate surface area is 117 Å². The molecule has 5 nitrogen and oxygen atoms in total. The molecule has 0 aliphatic heterocycles. The summed E-state index contributed by atoms with van der Waals surface area (Å²) < 4.78 is 5.32. The van der Waals surface area contributed by atoms with E-state index in [2.05, 4.69) is 27.4 Å². The molecule has 1 atom stereocenters. The van der Waals surface area contributed by atoms with Crippen LogP contribution in [0, 0.1) is 0 Å². The van der Waals surface area contributed by atoms with Gasteiger partial charge in [-0.3, -0.25) is 0 Å². The van der Waals surface area contributed by atoms with Crippen LogP contribution in [0.15, 0.2) is 47.1 Å². The smallest absolute Gasteiger partial charge is 0.243 e. The zero-order valence-corrected chi connectivity index (χ0v) is 11.3. The van der Waals surface area contributed by atoms with Gasteiger partial charge in [0.1, 0.15) is 11.3 Å². The zero-order chi connectivity index (χ0) is 13.8. The molecular weight excluding hydrogens is 252 g/mol. The largest absolute Gasteiger partial charge is 0.469 e. The second-order valence-electron chi connectivity index (χ2n) is 4.79. The van der Waals surface area contributed by atoms with Gasteiger partial charge in [-0.25, -0.2) is 4.98 Å². The van der Waals surface area contributed by atoms with Crippen molar-refractivity contribution < 1.29 is 4.42 Å². The summed E-state index contributed by atoms with van der Waals surface area (Å²) in [5.74, 6) is 1.56. The van der Waals surface area contributed by atoms with E-state index in [0.717, 1.165) is 29.6 Å². The molecule has 0 fully saturated rings. The normalized spacial score (nSPS) is 12.4. The Morgan fingerprint density at radius 3 is 2.75 bits per heavy atom. The van der Waals surface area contributed by atoms with Crippen molar-refractivity contribution in [2.75, 3.05) is 5.32 Å². The lowest BCUT2D eigenvalue weighted by Gasteiger charge is -2.12. The first-order valence-corrected chi connectivity index (χ1v) is 6.69. The van der Waals surface area contributed by atoms with E-state index in [1.165, 1.54) is 0 Å². The van der Waals surface area contributed by atoms with E-state index in [4.69, 9.17) is 4.42 Å². The Morgan fingerprint density at radius 2 is 1.95 bits per heavy atom. The molecule has 1 unspecified atom stereocenters. The minimum atomic E-state index is 0.253. The summed E-state index contributed by atoms with van der Waals surface area (Å²) in [4.78, 5) is 4.45. The van der Waals surface area contributed by atoms with Gasteiger partial charge in [0, 0.05) is 12.5 Å². The van der Waals surface area contributed by atoms with Gasteiger partial charge in [0.15, 0.2) is 0 Å². The Morgan fingerprint density at radius 1 is 1.10 bits per heavy atom. The van der Waals surface area contributed by atoms with Gasteiger partial charge in [0.25, 0.3) is 0 Å². The van der Waals surface area contributed by atoms with E-state index in [0.29, 0.717) is 5.95 Å². The van der Waals surface area contributed by atoms with Crippen LogP contribution in [0.2, 0.25) is 0 Å². The molecule has 3 aromatic rings. The first-order valence-electron chi connectivity index (χ1n) is 6.69. The molecule has 0 aliphatic carbocycles. The number of anilines is 1. The van der Waals surface area contributed by atoms with Crippen molar-refractivity contribution in [3.63, 3.8) is 0 Å². The molecule has 1 N–H and O–H groups in total. The number of aryl methyl sites for hydroxylation is 1. The Balaban J connectivity index is 1.63. The van der Waals surface area contributed by atoms with E-state index in [9.17, 15) is 0 Å². The van der Waals surface area contributed by atoms with Gasteiger partial charge in [-0.1, -0.05) is 12.1 Å². The third-order valence-electron chi connectivity index (χ3n) is 3.14. The molecule has 5 heteroatoms. The molecule has 1 aromatic carbocycles. The van der Waals surface area contributed by atoms with Crippen LogP contribution >= 0.6 is 0 Å². The van der Waals surface area contributed by atoms with E-state index >= 15 is 0 Å². The maximum atomic E-state index is 5.32. The van der Waals surface area contributed by atoms with Gasteiger partial charge in [-0.2, -0.15) is 0 Å². The van der Waals surface area contributed by atoms with Gasteiger partial charge in [-0.05, 0) is 37.6 Å². The molecular formula is C15H16N4O. The predicted molar refractivity (Wildman–Crippen MR) is 77.4 cm³/mol. The number of benzene rings is 1. The fourth-order valence-corrected chi connectivity index (χ4v) is 2.05. The molecule has 0 saturated carbocycles. The molecule has 0 radical (unpaired) electrons. The lowest BCUT2D eigenvalue weighted by Crippen LogP contribution is -2.18. The second kappa shape index (κ2) is 5.69. The summed E-state index contributed by atoms with van der Waals surface area (Å²) in [6, 6.07) is 11.9. The summed E-state index contributed by atoms with van der Waals surface area (Å²) in [5.41, 5.74) is 1.66. The third kappa shape index (κ3) is 2.93. The van der Waals surface area contributed by atoms with Crippen molar-refractivity contribution in [3.05, 3.63) is 48.4 Å². The lowest BCUT2D eigenvalue weighted by atomic mass is 10.1. The Bertz CT molecular complexity index is 681. The summed E-state index contributed by atoms with van der Waals surface area (Å²) in [5, 5.41) is 11.5. The molecule has 0 spiro atoms. The van der Waals surface area contributed by atoms with E-state index < -0.39 is 0 Å². The molecule has 0 bridgehead atoms. The number of nitrogens with one attached hydrogen (secondary N) is 1. The molecule has 0 aliphatic rings. The van der Waals surface area contributed by atoms with Gasteiger partial charge < -0.3 is 9.73 Å². The van der Waals surface area contributed by atoms with Crippen molar-refractivity contribution in [1.82, 2.24) is 15.2 Å². The highest BCUT2D eigenvalue weighted by molar-refractivity contribution is 5.74. The number of furan rings is 1. The summed E-state index contributed by atoms with van der Waals surface area (Å²) >= 11 is 0. The minimum Gasteiger partial charge on any atom is -0.469 e. The van der Waals surface area contributed by atoms with Gasteiger partial charge in [0.05, 0.1) is 11.8 Å². The SMILES string of the molecule is CC(CCc1ccco1)Nc1nnc2ccccc2n1. The maximum absolute atomic E-state index is 5.32. The monoisotopic (exact) mass is 268 g/mol. The van der Waals surface area contributed by atoms with Crippen LogP contribution in [0.1, 0.15) is 19.1 Å². The average Bonchev–Trinajstić information content (AvgIpc) is 2.98. The average molecular weight is 268 g/mol. The molecule has 2 heterocycles. The standard InChI is InChI=1S/C15H16N4O/c1-11(8-9-12-5-4-10-20-12)16-15-17-13-6-2-3-7-14(13)18-19-15/h2-7,10-11H,8-9H2,1H3,(H,16,17,19). The second-order valence-corrected chi connectivity index (χ2v) is 4.79. The number of fused-ring (bicyclic) bond motifs is 1. The van der Waals surface area contributed by atoms with Crippen molar-refractivity contribution >= 4 is 17.0 Å². The molecule has 3 rings (SSSR count). The highest BCUT2D eigenvalue weighted by atomic mass is 16.3. The fraction of sp³-hybridized carbons (Fsp3) is 0.267. The molecule has 0 amide bonds. The topological polar surface area (TPSA) is 63.8 Å². The first-order chi connectivity index (χ1) is 9.81. The van der Waals surface area contributed by atoms with E-state index in [1.807, 2.05) is 36.4 Å². The van der Waals surface area contributed by atoms with Crippen LogP contribution in [0.5, 0.6) is 0 Å². The Hall–Kier alpha value is -2.43. The molecule has 0 saturated heterocycles. The minimum absolute atomic E-state index is 0.253. The molecule has 2 aromatic heterocycles. The quantitative estimate of drug-likeness (QED) is 0.770. The van der Waals surface area contributed by atoms with Crippen LogP contribution in [-0.2, 0) is 6.42 Å². The highest BCUT2D eigenvalue weighted by Gasteiger charge is 2.07. The fourth-order valence-electron chi connectivity index (χ4n) is 2.05. The summed E-state index contributed by atoms with van der Waals surface area (Å²) in [6.45, 7) is 2.10. The van der Waals surface area contributed by atoms with E-state index in [1.54, 1.807) is 6.26 Å². The number of aromatic nitrogens is 3. The van der Waals surface area contributed by atoms with Crippen LogP contribution in [-0.4, -0.2) is 21.2 Å². The molecule has 20 heavy (non-hydrogen) atoms. The van der Waals surface area contributed by atoms with Crippen molar-refractivity contribution in [1.29, 1.82) is 0 Å². The number of rotatable bonds is 5. The zero-order valence-electron chi connectivity index (χ0n) is 11.3. The van der Waals surface area contributed by atoms with Crippen molar-refractivity contribution in [3.8, 4) is 0 Å². The first kappa shape index (κ1) is 12.6. The lowest BCUT2D eigenvalue weighted by molar-refractivity contribution is 0.494. The third-order valence-corrected chi connectivity index (χ3v) is 3.14. The van der Waals surface area contributed by atoms with E-state index in [-0.39, 0.29) is 6.04 Å². The number of para-hydroxylation sites is 1. The van der Waals surface area contributed by atoms with Gasteiger partial charge >= 0.3 is 0 Å². The predicted octanol–water partition coefficient (Wildman–Crippen LogP) is 3.05. The molecule has 102 valence electrons. The maximum Gasteiger partial charge on any atom is 0.243 e. The number of hydrogen-bond acceptors (Lipinski definition) is 5. The van der Waals surface area contributed by atoms with Crippen LogP contribution < -0.4 is 5.32 Å². The number of hydrogen-bond donors (Lipinski definition) is 1. The highest BCUT2D eigenvalue weighted by Crippen LogP contribution is 2.11. The summed E-state index contributed by atoms with van der Waals surface area (Å²) in [6.07, 6.45) is 3.54. The summed E-state index contributed by atoms with van der Waals surface area (Å²) in [7, 11) is 0. The van der Waals surface area contributed by atoms with Gasteiger partial charge in [-0.15, -0.1) is 10.2 Å². The van der Waals surface area contributed by atoms with Crippen LogP contribution in [0.25, 0.3) is 11.0 Å². The number of nitrogens with zero attached hydrogens (tertiary/aromatic N) is 3. The van der Waals surface area contributed by atoms with Crippen LogP contribution in [0.3, 0.4) is 0 Å².